The molecule has 7 heteroatoms. The Labute approximate surface area is 156 Å². The third-order valence-corrected chi connectivity index (χ3v) is 5.10. The maximum absolute atomic E-state index is 12.9. The number of amides is 1. The Hall–Kier alpha value is -2.34. The molecule has 0 aliphatic carbocycles. The summed E-state index contributed by atoms with van der Waals surface area (Å²) in [5, 5.41) is 0.467. The highest BCUT2D eigenvalue weighted by Gasteiger charge is 2.28. The minimum atomic E-state index is -0.593. The molecular formula is C19H22ClN3O3. The van der Waals surface area contributed by atoms with Gasteiger partial charge in [-0.25, -0.2) is 4.79 Å². The van der Waals surface area contributed by atoms with Crippen LogP contribution < -0.4 is 11.2 Å². The molecule has 138 valence electrons. The van der Waals surface area contributed by atoms with Crippen LogP contribution in [0.3, 0.4) is 0 Å². The lowest BCUT2D eigenvalue weighted by Gasteiger charge is -2.34. The van der Waals surface area contributed by atoms with Crippen LogP contribution in [-0.2, 0) is 6.54 Å². The smallest absolute Gasteiger partial charge is 0.328 e. The Morgan fingerprint density at radius 2 is 1.85 bits per heavy atom. The molecule has 2 unspecified atom stereocenters. The molecule has 1 fully saturated rings. The number of carbonyl (C=O) groups is 1. The first-order valence-corrected chi connectivity index (χ1v) is 9.09. The SMILES string of the molecule is CC1CC(C)CN(C(=O)c2c[nH]c(=O)n(Cc3ccccc3Cl)c2=O)C1. The van der Waals surface area contributed by atoms with Gasteiger partial charge in [-0.2, -0.15) is 0 Å². The lowest BCUT2D eigenvalue weighted by Crippen LogP contribution is -2.46. The molecule has 0 radical (unpaired) electrons. The van der Waals surface area contributed by atoms with E-state index in [4.69, 9.17) is 11.6 Å². The van der Waals surface area contributed by atoms with Crippen LogP contribution in [0.1, 0.15) is 36.2 Å². The van der Waals surface area contributed by atoms with Crippen molar-refractivity contribution in [3.8, 4) is 0 Å². The molecule has 1 saturated heterocycles. The van der Waals surface area contributed by atoms with Crippen molar-refractivity contribution in [3.05, 3.63) is 67.4 Å². The topological polar surface area (TPSA) is 75.2 Å². The fourth-order valence-electron chi connectivity index (χ4n) is 3.60. The number of rotatable bonds is 3. The van der Waals surface area contributed by atoms with E-state index in [2.05, 4.69) is 18.8 Å². The molecule has 0 saturated carbocycles. The third-order valence-electron chi connectivity index (χ3n) is 4.73. The zero-order valence-corrected chi connectivity index (χ0v) is 15.6. The van der Waals surface area contributed by atoms with E-state index in [1.165, 1.54) is 6.20 Å². The number of likely N-dealkylation sites (tertiary alicyclic amines) is 1. The van der Waals surface area contributed by atoms with Gasteiger partial charge in [-0.3, -0.25) is 14.2 Å². The molecule has 1 N–H and O–H groups in total. The molecule has 2 atom stereocenters. The second-order valence-corrected chi connectivity index (χ2v) is 7.55. The number of benzene rings is 1. The average molecular weight is 376 g/mol. The van der Waals surface area contributed by atoms with Crippen LogP contribution in [-0.4, -0.2) is 33.4 Å². The Balaban J connectivity index is 1.95. The number of nitrogens with zero attached hydrogens (tertiary/aromatic N) is 2. The molecule has 1 aliphatic heterocycles. The maximum Gasteiger partial charge on any atom is 0.328 e. The largest absolute Gasteiger partial charge is 0.338 e. The van der Waals surface area contributed by atoms with Crippen molar-refractivity contribution >= 4 is 17.5 Å². The second-order valence-electron chi connectivity index (χ2n) is 7.15. The van der Waals surface area contributed by atoms with Crippen molar-refractivity contribution in [1.29, 1.82) is 0 Å². The second kappa shape index (κ2) is 7.50. The van der Waals surface area contributed by atoms with E-state index < -0.39 is 11.2 Å². The first kappa shape index (κ1) is 18.5. The average Bonchev–Trinajstić information content (AvgIpc) is 2.59. The highest BCUT2D eigenvalue weighted by atomic mass is 35.5. The number of piperidine rings is 1. The van der Waals surface area contributed by atoms with E-state index >= 15 is 0 Å². The van der Waals surface area contributed by atoms with Crippen molar-refractivity contribution in [2.24, 2.45) is 11.8 Å². The lowest BCUT2D eigenvalue weighted by atomic mass is 9.91. The zero-order chi connectivity index (χ0) is 18.8. The minimum Gasteiger partial charge on any atom is -0.338 e. The summed E-state index contributed by atoms with van der Waals surface area (Å²) in [4.78, 5) is 42.0. The lowest BCUT2D eigenvalue weighted by molar-refractivity contribution is 0.0620. The van der Waals surface area contributed by atoms with Crippen molar-refractivity contribution in [2.75, 3.05) is 13.1 Å². The quantitative estimate of drug-likeness (QED) is 0.894. The third kappa shape index (κ3) is 3.75. The normalized spacial score (nSPS) is 20.2. The molecule has 26 heavy (non-hydrogen) atoms. The fourth-order valence-corrected chi connectivity index (χ4v) is 3.80. The van der Waals surface area contributed by atoms with Crippen LogP contribution in [0.4, 0.5) is 0 Å². The van der Waals surface area contributed by atoms with Gasteiger partial charge in [0.25, 0.3) is 11.5 Å². The molecule has 1 aromatic carbocycles. The number of hydrogen-bond acceptors (Lipinski definition) is 3. The number of halogens is 1. The van der Waals surface area contributed by atoms with Gasteiger partial charge in [0.15, 0.2) is 0 Å². The van der Waals surface area contributed by atoms with Gasteiger partial charge in [0.05, 0.1) is 6.54 Å². The van der Waals surface area contributed by atoms with Gasteiger partial charge in [-0.15, -0.1) is 0 Å². The molecule has 0 bridgehead atoms. The van der Waals surface area contributed by atoms with Crippen LogP contribution >= 0.6 is 11.6 Å². The predicted octanol–water partition coefficient (Wildman–Crippen LogP) is 2.36. The number of nitrogens with one attached hydrogen (secondary N) is 1. The monoisotopic (exact) mass is 375 g/mol. The van der Waals surface area contributed by atoms with Crippen LogP contribution in [0.2, 0.25) is 5.02 Å². The summed E-state index contributed by atoms with van der Waals surface area (Å²) >= 11 is 6.13. The van der Waals surface area contributed by atoms with Gasteiger partial charge in [0.2, 0.25) is 0 Å². The molecule has 1 amide bonds. The summed E-state index contributed by atoms with van der Waals surface area (Å²) in [6, 6.07) is 7.00. The molecule has 1 aliphatic rings. The van der Waals surface area contributed by atoms with E-state index in [1.54, 1.807) is 29.2 Å². The fraction of sp³-hybridized carbons (Fsp3) is 0.421. The Morgan fingerprint density at radius 3 is 2.50 bits per heavy atom. The van der Waals surface area contributed by atoms with Crippen LogP contribution in [0, 0.1) is 11.8 Å². The van der Waals surface area contributed by atoms with Crippen molar-refractivity contribution in [1.82, 2.24) is 14.5 Å². The van der Waals surface area contributed by atoms with Gasteiger partial charge in [-0.05, 0) is 29.9 Å². The van der Waals surface area contributed by atoms with E-state index in [0.717, 1.165) is 11.0 Å². The summed E-state index contributed by atoms with van der Waals surface area (Å²) in [7, 11) is 0. The molecule has 0 spiro atoms. The first-order valence-electron chi connectivity index (χ1n) is 8.72. The summed E-state index contributed by atoms with van der Waals surface area (Å²) < 4.78 is 1.02. The number of aromatic nitrogens is 2. The van der Waals surface area contributed by atoms with Gasteiger partial charge < -0.3 is 9.88 Å². The summed E-state index contributed by atoms with van der Waals surface area (Å²) in [5.74, 6) is 0.434. The van der Waals surface area contributed by atoms with Crippen LogP contribution in [0.5, 0.6) is 0 Å². The van der Waals surface area contributed by atoms with Crippen LogP contribution in [0.15, 0.2) is 40.1 Å². The standard InChI is InChI=1S/C19H22ClN3O3/c1-12-7-13(2)10-22(9-12)17(24)15-8-21-19(26)23(18(15)25)11-14-5-3-4-6-16(14)20/h3-6,8,12-13H,7,9-11H2,1-2H3,(H,21,26). The number of carbonyl (C=O) groups excluding carboxylic acids is 1. The van der Waals surface area contributed by atoms with E-state index in [0.29, 0.717) is 35.5 Å². The molecule has 2 heterocycles. The maximum atomic E-state index is 12.9. The first-order chi connectivity index (χ1) is 12.4. The van der Waals surface area contributed by atoms with Crippen molar-refractivity contribution < 1.29 is 4.79 Å². The van der Waals surface area contributed by atoms with Gasteiger partial charge in [0, 0.05) is 24.3 Å². The minimum absolute atomic E-state index is 0.0156. The number of hydrogen-bond donors (Lipinski definition) is 1. The predicted molar refractivity (Wildman–Crippen MR) is 101 cm³/mol. The van der Waals surface area contributed by atoms with Gasteiger partial charge >= 0.3 is 5.69 Å². The van der Waals surface area contributed by atoms with E-state index in [1.807, 2.05) is 0 Å². The zero-order valence-electron chi connectivity index (χ0n) is 14.9. The van der Waals surface area contributed by atoms with Crippen LogP contribution in [0.25, 0.3) is 0 Å². The molecule has 1 aromatic heterocycles. The highest BCUT2D eigenvalue weighted by Crippen LogP contribution is 2.22. The summed E-state index contributed by atoms with van der Waals surface area (Å²) in [6.07, 6.45) is 2.28. The van der Waals surface area contributed by atoms with Gasteiger partial charge in [0.1, 0.15) is 5.56 Å². The van der Waals surface area contributed by atoms with Crippen molar-refractivity contribution in [3.63, 3.8) is 0 Å². The highest BCUT2D eigenvalue weighted by molar-refractivity contribution is 6.31. The molecule has 6 nitrogen and oxygen atoms in total. The van der Waals surface area contributed by atoms with E-state index in [9.17, 15) is 14.4 Å². The van der Waals surface area contributed by atoms with Gasteiger partial charge in [-0.1, -0.05) is 43.6 Å². The Bertz CT molecular complexity index is 924. The summed E-state index contributed by atoms with van der Waals surface area (Å²) in [6.45, 7) is 5.44. The summed E-state index contributed by atoms with van der Waals surface area (Å²) in [5.41, 5.74) is -0.527. The number of aromatic amines is 1. The Morgan fingerprint density at radius 1 is 1.19 bits per heavy atom. The molecule has 3 rings (SSSR count). The molecule has 2 aromatic rings. The number of H-pyrrole nitrogens is 1. The molecular weight excluding hydrogens is 354 g/mol. The Kier molecular flexibility index (Phi) is 5.32. The van der Waals surface area contributed by atoms with E-state index in [-0.39, 0.29) is 18.0 Å². The van der Waals surface area contributed by atoms with Crippen molar-refractivity contribution in [2.45, 2.75) is 26.8 Å².